The molecule has 24 heavy (non-hydrogen) atoms. The molecule has 4 atom stereocenters. The minimum absolute atomic E-state index is 0.0778. The van der Waals surface area contributed by atoms with Crippen molar-refractivity contribution in [1.82, 2.24) is 0 Å². The summed E-state index contributed by atoms with van der Waals surface area (Å²) in [6.45, 7) is 1.51. The standard InChI is InChI=1S/C20H25NO3/c21-18-11-19(24-13-16-9-5-2-6-10-16)17(20(18)22)14-23-12-15-7-3-1-4-8-15/h1-10,17-20,22H,11-14,21H2/t17-,18+,19+,20+/m1/s1. The summed E-state index contributed by atoms with van der Waals surface area (Å²) in [6, 6.07) is 19.8. The summed E-state index contributed by atoms with van der Waals surface area (Å²) in [5.74, 6) is -0.0903. The van der Waals surface area contributed by atoms with E-state index in [9.17, 15) is 5.11 Å². The average molecular weight is 327 g/mol. The summed E-state index contributed by atoms with van der Waals surface area (Å²) in [5, 5.41) is 10.3. The van der Waals surface area contributed by atoms with Crippen molar-refractivity contribution in [1.29, 1.82) is 0 Å². The summed E-state index contributed by atoms with van der Waals surface area (Å²) in [7, 11) is 0. The molecule has 3 rings (SSSR count). The van der Waals surface area contributed by atoms with E-state index in [-0.39, 0.29) is 18.1 Å². The predicted octanol–water partition coefficient (Wildman–Crippen LogP) is 2.50. The highest BCUT2D eigenvalue weighted by Gasteiger charge is 2.41. The molecule has 1 fully saturated rings. The van der Waals surface area contributed by atoms with Crippen LogP contribution in [-0.2, 0) is 22.7 Å². The molecule has 128 valence electrons. The fourth-order valence-corrected chi connectivity index (χ4v) is 3.18. The van der Waals surface area contributed by atoms with Crippen molar-refractivity contribution in [3.63, 3.8) is 0 Å². The molecular formula is C20H25NO3. The van der Waals surface area contributed by atoms with Crippen molar-refractivity contribution in [2.45, 2.75) is 37.9 Å². The fourth-order valence-electron chi connectivity index (χ4n) is 3.18. The zero-order valence-electron chi connectivity index (χ0n) is 13.8. The van der Waals surface area contributed by atoms with Gasteiger partial charge in [-0.05, 0) is 17.5 Å². The first-order chi connectivity index (χ1) is 11.7. The Morgan fingerprint density at radius 3 is 2.12 bits per heavy atom. The lowest BCUT2D eigenvalue weighted by atomic mass is 10.0. The number of aliphatic hydroxyl groups is 1. The predicted molar refractivity (Wildman–Crippen MR) is 93.2 cm³/mol. The van der Waals surface area contributed by atoms with E-state index in [2.05, 4.69) is 0 Å². The normalized spacial score (nSPS) is 26.6. The van der Waals surface area contributed by atoms with Crippen LogP contribution >= 0.6 is 0 Å². The molecule has 2 aromatic carbocycles. The molecule has 1 saturated carbocycles. The quantitative estimate of drug-likeness (QED) is 0.820. The first-order valence-electron chi connectivity index (χ1n) is 8.45. The number of hydrogen-bond acceptors (Lipinski definition) is 4. The van der Waals surface area contributed by atoms with Gasteiger partial charge in [0.15, 0.2) is 0 Å². The van der Waals surface area contributed by atoms with Crippen LogP contribution in [0.15, 0.2) is 60.7 Å². The molecule has 2 aromatic rings. The van der Waals surface area contributed by atoms with Gasteiger partial charge in [0.2, 0.25) is 0 Å². The van der Waals surface area contributed by atoms with Crippen LogP contribution in [0.2, 0.25) is 0 Å². The van der Waals surface area contributed by atoms with Gasteiger partial charge in [0.05, 0.1) is 32.0 Å². The van der Waals surface area contributed by atoms with Gasteiger partial charge < -0.3 is 20.3 Å². The summed E-state index contributed by atoms with van der Waals surface area (Å²) >= 11 is 0. The van der Waals surface area contributed by atoms with E-state index in [1.165, 1.54) is 0 Å². The Balaban J connectivity index is 1.52. The third kappa shape index (κ3) is 4.42. The maximum absolute atomic E-state index is 10.3. The van der Waals surface area contributed by atoms with Gasteiger partial charge in [-0.15, -0.1) is 0 Å². The van der Waals surface area contributed by atoms with Crippen LogP contribution in [0.1, 0.15) is 17.5 Å². The van der Waals surface area contributed by atoms with Crippen LogP contribution in [0.5, 0.6) is 0 Å². The van der Waals surface area contributed by atoms with Crippen molar-refractivity contribution in [3.05, 3.63) is 71.8 Å². The second-order valence-corrected chi connectivity index (χ2v) is 6.39. The van der Waals surface area contributed by atoms with Crippen LogP contribution in [-0.4, -0.2) is 30.0 Å². The molecule has 0 amide bonds. The zero-order valence-corrected chi connectivity index (χ0v) is 13.8. The lowest BCUT2D eigenvalue weighted by Gasteiger charge is -2.22. The van der Waals surface area contributed by atoms with Gasteiger partial charge in [0, 0.05) is 12.0 Å². The Morgan fingerprint density at radius 2 is 1.50 bits per heavy atom. The Bertz CT molecular complexity index is 605. The summed E-state index contributed by atoms with van der Waals surface area (Å²) in [6.07, 6.45) is 0.000385. The van der Waals surface area contributed by atoms with E-state index in [0.717, 1.165) is 11.1 Å². The van der Waals surface area contributed by atoms with Crippen molar-refractivity contribution < 1.29 is 14.6 Å². The highest BCUT2D eigenvalue weighted by Crippen LogP contribution is 2.29. The second kappa shape index (κ2) is 8.40. The van der Waals surface area contributed by atoms with Crippen LogP contribution in [0, 0.1) is 5.92 Å². The van der Waals surface area contributed by atoms with Crippen molar-refractivity contribution in [2.24, 2.45) is 11.7 Å². The zero-order chi connectivity index (χ0) is 16.8. The molecule has 1 aliphatic carbocycles. The Labute approximate surface area is 143 Å². The molecular weight excluding hydrogens is 302 g/mol. The molecule has 0 radical (unpaired) electrons. The number of benzene rings is 2. The SMILES string of the molecule is N[C@H]1C[C@H](OCc2ccccc2)[C@@H](COCc2ccccc2)[C@@H]1O. The molecule has 0 unspecified atom stereocenters. The monoisotopic (exact) mass is 327 g/mol. The Kier molecular flexibility index (Phi) is 5.99. The van der Waals surface area contributed by atoms with Crippen LogP contribution in [0.4, 0.5) is 0 Å². The molecule has 0 aromatic heterocycles. The van der Waals surface area contributed by atoms with Crippen molar-refractivity contribution in [3.8, 4) is 0 Å². The summed E-state index contributed by atoms with van der Waals surface area (Å²) < 4.78 is 11.8. The molecule has 3 N–H and O–H groups in total. The molecule has 4 nitrogen and oxygen atoms in total. The van der Waals surface area contributed by atoms with Gasteiger partial charge in [-0.2, -0.15) is 0 Å². The van der Waals surface area contributed by atoms with Gasteiger partial charge in [-0.25, -0.2) is 0 Å². The Hall–Kier alpha value is -1.72. The molecule has 0 saturated heterocycles. The molecule has 0 aliphatic heterocycles. The van der Waals surface area contributed by atoms with E-state index in [0.29, 0.717) is 26.2 Å². The highest BCUT2D eigenvalue weighted by molar-refractivity contribution is 5.14. The maximum atomic E-state index is 10.3. The van der Waals surface area contributed by atoms with Gasteiger partial charge in [0.1, 0.15) is 0 Å². The summed E-state index contributed by atoms with van der Waals surface area (Å²) in [4.78, 5) is 0. The van der Waals surface area contributed by atoms with E-state index in [1.54, 1.807) is 0 Å². The second-order valence-electron chi connectivity index (χ2n) is 6.39. The minimum atomic E-state index is -0.582. The third-order valence-corrected chi connectivity index (χ3v) is 4.59. The number of hydrogen-bond donors (Lipinski definition) is 2. The van der Waals surface area contributed by atoms with E-state index < -0.39 is 6.10 Å². The third-order valence-electron chi connectivity index (χ3n) is 4.59. The Morgan fingerprint density at radius 1 is 0.917 bits per heavy atom. The molecule has 4 heteroatoms. The minimum Gasteiger partial charge on any atom is -0.391 e. The lowest BCUT2D eigenvalue weighted by molar-refractivity contribution is -0.0465. The number of rotatable bonds is 7. The lowest BCUT2D eigenvalue weighted by Crippen LogP contribution is -2.35. The van der Waals surface area contributed by atoms with E-state index in [1.807, 2.05) is 60.7 Å². The highest BCUT2D eigenvalue weighted by atomic mass is 16.5. The van der Waals surface area contributed by atoms with Crippen molar-refractivity contribution >= 4 is 0 Å². The van der Waals surface area contributed by atoms with Gasteiger partial charge in [-0.1, -0.05) is 60.7 Å². The van der Waals surface area contributed by atoms with Crippen LogP contribution in [0.25, 0.3) is 0 Å². The van der Waals surface area contributed by atoms with Gasteiger partial charge in [0.25, 0.3) is 0 Å². The largest absolute Gasteiger partial charge is 0.391 e. The molecule has 0 spiro atoms. The van der Waals surface area contributed by atoms with Crippen molar-refractivity contribution in [2.75, 3.05) is 6.61 Å². The van der Waals surface area contributed by atoms with E-state index >= 15 is 0 Å². The number of ether oxygens (including phenoxy) is 2. The average Bonchev–Trinajstić information content (AvgIpc) is 2.89. The summed E-state index contributed by atoms with van der Waals surface area (Å²) in [5.41, 5.74) is 8.27. The van der Waals surface area contributed by atoms with Crippen LogP contribution < -0.4 is 5.73 Å². The topological polar surface area (TPSA) is 64.7 Å². The fraction of sp³-hybridized carbons (Fsp3) is 0.400. The number of aliphatic hydroxyl groups excluding tert-OH is 1. The van der Waals surface area contributed by atoms with Gasteiger partial charge in [-0.3, -0.25) is 0 Å². The molecule has 0 bridgehead atoms. The maximum Gasteiger partial charge on any atom is 0.0767 e. The number of nitrogens with two attached hydrogens (primary N) is 1. The van der Waals surface area contributed by atoms with Crippen LogP contribution in [0.3, 0.4) is 0 Å². The smallest absolute Gasteiger partial charge is 0.0767 e. The van der Waals surface area contributed by atoms with E-state index in [4.69, 9.17) is 15.2 Å². The van der Waals surface area contributed by atoms with Gasteiger partial charge >= 0.3 is 0 Å². The molecule has 1 aliphatic rings. The molecule has 0 heterocycles. The first-order valence-corrected chi connectivity index (χ1v) is 8.45. The first kappa shape index (κ1) is 17.1.